The molecule has 3 amide bonds. The van der Waals surface area contributed by atoms with Gasteiger partial charge in [-0.25, -0.2) is 4.90 Å². The molecule has 6 nitrogen and oxygen atoms in total. The number of hydrogen-bond donors (Lipinski definition) is 0. The number of nitrogens with zero attached hydrogens (tertiary/aromatic N) is 3. The molecule has 0 saturated carbocycles. The van der Waals surface area contributed by atoms with Crippen molar-refractivity contribution in [1.29, 1.82) is 0 Å². The van der Waals surface area contributed by atoms with Gasteiger partial charge in [-0.15, -0.1) is 0 Å². The van der Waals surface area contributed by atoms with Crippen LogP contribution in [0.2, 0.25) is 0 Å². The summed E-state index contributed by atoms with van der Waals surface area (Å²) in [6.45, 7) is 2.68. The molecule has 4 aliphatic rings. The Bertz CT molecular complexity index is 1130. The highest BCUT2D eigenvalue weighted by Crippen LogP contribution is 2.61. The molecule has 4 aliphatic heterocycles. The Labute approximate surface area is 175 Å². The van der Waals surface area contributed by atoms with Crippen molar-refractivity contribution in [2.24, 2.45) is 11.8 Å². The number of fused-ring (bicyclic) bond motifs is 7. The average Bonchev–Trinajstić information content (AvgIpc) is 3.43. The molecule has 4 heterocycles. The van der Waals surface area contributed by atoms with E-state index in [0.717, 1.165) is 36.2 Å². The molecule has 1 spiro atoms. The van der Waals surface area contributed by atoms with Gasteiger partial charge in [0.15, 0.2) is 0 Å². The summed E-state index contributed by atoms with van der Waals surface area (Å²) in [4.78, 5) is 46.5. The molecule has 0 radical (unpaired) electrons. The maximum absolute atomic E-state index is 13.9. The maximum Gasteiger partial charge on any atom is 0.252 e. The highest BCUT2D eigenvalue weighted by atomic mass is 16.2. The summed E-state index contributed by atoms with van der Waals surface area (Å²) in [7, 11) is 1.77. The first-order chi connectivity index (χ1) is 14.5. The minimum Gasteiger partial charge on any atom is -0.313 e. The topological polar surface area (TPSA) is 60.9 Å². The minimum absolute atomic E-state index is 0.0789. The van der Waals surface area contributed by atoms with Gasteiger partial charge in [0.1, 0.15) is 5.54 Å². The lowest BCUT2D eigenvalue weighted by Gasteiger charge is -2.37. The van der Waals surface area contributed by atoms with Crippen LogP contribution in [0, 0.1) is 18.8 Å². The standard InChI is InChI=1S/C24H23N3O3/c1-14-7-5-8-15(13-14)27-21(28)19-18-11-6-12-26(18)24(20(19)22(27)29)16-9-3-4-10-17(16)25(2)23(24)30/h3-5,7-10,13,18-20H,6,11-12H2,1-2H3. The van der Waals surface area contributed by atoms with Crippen LogP contribution in [0.4, 0.5) is 11.4 Å². The van der Waals surface area contributed by atoms with Gasteiger partial charge < -0.3 is 4.90 Å². The molecule has 0 aromatic heterocycles. The van der Waals surface area contributed by atoms with Crippen molar-refractivity contribution in [2.75, 3.05) is 23.4 Å². The Kier molecular flexibility index (Phi) is 3.44. The first-order valence-electron chi connectivity index (χ1n) is 10.6. The molecular weight excluding hydrogens is 378 g/mol. The number of aryl methyl sites for hydroxylation is 1. The number of benzene rings is 2. The second-order valence-corrected chi connectivity index (χ2v) is 8.91. The average molecular weight is 401 g/mol. The van der Waals surface area contributed by atoms with Gasteiger partial charge in [0, 0.05) is 24.3 Å². The Morgan fingerprint density at radius 1 is 1.00 bits per heavy atom. The minimum atomic E-state index is -1.08. The molecule has 2 aromatic carbocycles. The van der Waals surface area contributed by atoms with E-state index in [1.807, 2.05) is 49.4 Å². The van der Waals surface area contributed by atoms with Crippen molar-refractivity contribution in [2.45, 2.75) is 31.3 Å². The second-order valence-electron chi connectivity index (χ2n) is 8.91. The van der Waals surface area contributed by atoms with E-state index in [9.17, 15) is 14.4 Å². The summed E-state index contributed by atoms with van der Waals surface area (Å²) in [5.41, 5.74) is 2.21. The molecule has 3 fully saturated rings. The van der Waals surface area contributed by atoms with Gasteiger partial charge in [-0.3, -0.25) is 19.3 Å². The van der Waals surface area contributed by atoms with Gasteiger partial charge >= 0.3 is 0 Å². The van der Waals surface area contributed by atoms with E-state index >= 15 is 0 Å². The quantitative estimate of drug-likeness (QED) is 0.689. The Hall–Kier alpha value is -2.99. The lowest BCUT2D eigenvalue weighted by Crippen LogP contribution is -2.55. The van der Waals surface area contributed by atoms with Crippen LogP contribution in [0.25, 0.3) is 0 Å². The Morgan fingerprint density at radius 2 is 1.80 bits per heavy atom. The summed E-state index contributed by atoms with van der Waals surface area (Å²) in [5.74, 6) is -1.67. The number of rotatable bonds is 1. The van der Waals surface area contributed by atoms with E-state index in [1.54, 1.807) is 18.0 Å². The van der Waals surface area contributed by atoms with Crippen LogP contribution >= 0.6 is 0 Å². The van der Waals surface area contributed by atoms with Gasteiger partial charge in [0.25, 0.3) is 5.91 Å². The van der Waals surface area contributed by atoms with E-state index < -0.39 is 17.4 Å². The van der Waals surface area contributed by atoms with Crippen molar-refractivity contribution in [3.63, 3.8) is 0 Å². The van der Waals surface area contributed by atoms with Gasteiger partial charge in [-0.2, -0.15) is 0 Å². The molecule has 0 aliphatic carbocycles. The predicted octanol–water partition coefficient (Wildman–Crippen LogP) is 2.45. The van der Waals surface area contributed by atoms with Crippen LogP contribution in [0.15, 0.2) is 48.5 Å². The summed E-state index contributed by atoms with van der Waals surface area (Å²) in [6.07, 6.45) is 1.77. The summed E-state index contributed by atoms with van der Waals surface area (Å²) >= 11 is 0. The van der Waals surface area contributed by atoms with Crippen LogP contribution < -0.4 is 9.80 Å². The van der Waals surface area contributed by atoms with Crippen molar-refractivity contribution >= 4 is 29.1 Å². The molecule has 3 saturated heterocycles. The Morgan fingerprint density at radius 3 is 2.60 bits per heavy atom. The largest absolute Gasteiger partial charge is 0.313 e. The summed E-state index contributed by atoms with van der Waals surface area (Å²) < 4.78 is 0. The van der Waals surface area contributed by atoms with E-state index in [0.29, 0.717) is 5.69 Å². The summed E-state index contributed by atoms with van der Waals surface area (Å²) in [5, 5.41) is 0. The van der Waals surface area contributed by atoms with Gasteiger partial charge in [-0.05, 0) is 50.1 Å². The lowest BCUT2D eigenvalue weighted by molar-refractivity contribution is -0.136. The number of likely N-dealkylation sites (N-methyl/N-ethyl adjacent to an activating group) is 1. The van der Waals surface area contributed by atoms with Crippen molar-refractivity contribution in [3.05, 3.63) is 59.7 Å². The van der Waals surface area contributed by atoms with Crippen LogP contribution in [0.1, 0.15) is 24.0 Å². The molecular formula is C24H23N3O3. The SMILES string of the molecule is Cc1cccc(N2C(=O)C3C4CCCN4C4(C(=O)N(C)c5ccccc54)C3C2=O)c1. The van der Waals surface area contributed by atoms with E-state index in [1.165, 1.54) is 4.90 Å². The zero-order valence-electron chi connectivity index (χ0n) is 17.0. The fourth-order valence-electron chi connectivity index (χ4n) is 6.47. The molecule has 152 valence electrons. The highest BCUT2D eigenvalue weighted by Gasteiger charge is 2.75. The third-order valence-electron chi connectivity index (χ3n) is 7.53. The van der Waals surface area contributed by atoms with Crippen molar-refractivity contribution in [3.8, 4) is 0 Å². The lowest BCUT2D eigenvalue weighted by atomic mass is 9.75. The first-order valence-corrected chi connectivity index (χ1v) is 10.6. The van der Waals surface area contributed by atoms with Gasteiger partial charge in [0.05, 0.1) is 17.5 Å². The number of carbonyl (C=O) groups is 3. The van der Waals surface area contributed by atoms with Gasteiger partial charge in [0.2, 0.25) is 11.8 Å². The molecule has 6 heteroatoms. The number of hydrogen-bond acceptors (Lipinski definition) is 4. The van der Waals surface area contributed by atoms with E-state index in [4.69, 9.17) is 0 Å². The molecule has 0 N–H and O–H groups in total. The zero-order valence-corrected chi connectivity index (χ0v) is 17.0. The maximum atomic E-state index is 13.9. The summed E-state index contributed by atoms with van der Waals surface area (Å²) in [6, 6.07) is 15.1. The smallest absolute Gasteiger partial charge is 0.252 e. The predicted molar refractivity (Wildman–Crippen MR) is 112 cm³/mol. The number of anilines is 2. The van der Waals surface area contributed by atoms with Gasteiger partial charge in [-0.1, -0.05) is 30.3 Å². The zero-order chi connectivity index (χ0) is 20.8. The number of carbonyl (C=O) groups excluding carboxylic acids is 3. The normalized spacial score (nSPS) is 32.3. The number of imide groups is 1. The highest BCUT2D eigenvalue weighted by molar-refractivity contribution is 6.26. The van der Waals surface area contributed by atoms with E-state index in [2.05, 4.69) is 4.90 Å². The first kappa shape index (κ1) is 17.8. The van der Waals surface area contributed by atoms with E-state index in [-0.39, 0.29) is 23.8 Å². The Balaban J connectivity index is 1.58. The van der Waals surface area contributed by atoms with Crippen LogP contribution in [0.5, 0.6) is 0 Å². The van der Waals surface area contributed by atoms with Crippen molar-refractivity contribution < 1.29 is 14.4 Å². The van der Waals surface area contributed by atoms with Crippen LogP contribution in [0.3, 0.4) is 0 Å². The third-order valence-corrected chi connectivity index (χ3v) is 7.53. The molecule has 2 aromatic rings. The fraction of sp³-hybridized carbons (Fsp3) is 0.375. The van der Waals surface area contributed by atoms with Crippen LogP contribution in [-0.4, -0.2) is 42.3 Å². The van der Waals surface area contributed by atoms with Crippen LogP contribution in [-0.2, 0) is 19.9 Å². The second kappa shape index (κ2) is 5.79. The number of amides is 3. The molecule has 4 unspecified atom stereocenters. The fourth-order valence-corrected chi connectivity index (χ4v) is 6.47. The third kappa shape index (κ3) is 1.86. The molecule has 30 heavy (non-hydrogen) atoms. The molecule has 6 rings (SSSR count). The number of para-hydroxylation sites is 1. The molecule has 0 bridgehead atoms. The molecule has 4 atom stereocenters. The van der Waals surface area contributed by atoms with Crippen molar-refractivity contribution in [1.82, 2.24) is 4.90 Å². The monoisotopic (exact) mass is 401 g/mol.